The fourth-order valence-corrected chi connectivity index (χ4v) is 2.36. The van der Waals surface area contributed by atoms with Crippen LogP contribution in [0, 0.1) is 0 Å². The lowest BCUT2D eigenvalue weighted by Crippen LogP contribution is -2.36. The summed E-state index contributed by atoms with van der Waals surface area (Å²) in [5.74, 6) is -0.294. The summed E-state index contributed by atoms with van der Waals surface area (Å²) in [7, 11) is 0. The summed E-state index contributed by atoms with van der Waals surface area (Å²) >= 11 is 0. The van der Waals surface area contributed by atoms with E-state index in [1.54, 1.807) is 12.4 Å². The fraction of sp³-hybridized carbons (Fsp3) is 0.333. The molecule has 2 N–H and O–H groups in total. The highest BCUT2D eigenvalue weighted by Crippen LogP contribution is 2.47. The van der Waals surface area contributed by atoms with Crippen LogP contribution in [-0.2, 0) is 5.41 Å². The van der Waals surface area contributed by atoms with Gasteiger partial charge in [-0.15, -0.1) is 0 Å². The van der Waals surface area contributed by atoms with Crippen molar-refractivity contribution in [2.24, 2.45) is 5.73 Å². The van der Waals surface area contributed by atoms with Crippen molar-refractivity contribution >= 4 is 5.91 Å². The molecule has 18 heavy (non-hydrogen) atoms. The molecule has 1 amide bonds. The van der Waals surface area contributed by atoms with E-state index in [0.29, 0.717) is 5.82 Å². The molecule has 6 heteroatoms. The summed E-state index contributed by atoms with van der Waals surface area (Å²) in [5, 5.41) is 3.90. The second-order valence-corrected chi connectivity index (χ2v) is 4.46. The van der Waals surface area contributed by atoms with Gasteiger partial charge in [-0.3, -0.25) is 9.78 Å². The van der Waals surface area contributed by atoms with E-state index in [1.807, 2.05) is 12.1 Å². The monoisotopic (exact) mass is 244 g/mol. The number of rotatable bonds is 3. The van der Waals surface area contributed by atoms with E-state index in [4.69, 9.17) is 10.3 Å². The molecule has 0 saturated heterocycles. The van der Waals surface area contributed by atoms with Gasteiger partial charge in [0.05, 0.1) is 5.41 Å². The zero-order valence-electron chi connectivity index (χ0n) is 9.67. The average molecular weight is 244 g/mol. The molecule has 0 aromatic carbocycles. The maximum absolute atomic E-state index is 11.0. The number of primary amides is 1. The molecule has 0 radical (unpaired) electrons. The molecule has 0 unspecified atom stereocenters. The van der Waals surface area contributed by atoms with Gasteiger partial charge < -0.3 is 10.3 Å². The summed E-state index contributed by atoms with van der Waals surface area (Å²) in [6, 6.07) is 3.89. The summed E-state index contributed by atoms with van der Waals surface area (Å²) in [6.45, 7) is 0. The highest BCUT2D eigenvalue weighted by atomic mass is 16.5. The predicted molar refractivity (Wildman–Crippen MR) is 61.7 cm³/mol. The summed E-state index contributed by atoms with van der Waals surface area (Å²) < 4.78 is 4.88. The Labute approximate surface area is 103 Å². The molecule has 1 fully saturated rings. The lowest BCUT2D eigenvalue weighted by Gasteiger charge is -2.39. The van der Waals surface area contributed by atoms with Gasteiger partial charge >= 0.3 is 11.8 Å². The first-order valence-electron chi connectivity index (χ1n) is 5.77. The molecule has 2 aromatic heterocycles. The lowest BCUT2D eigenvalue weighted by molar-refractivity contribution is 0.0958. The van der Waals surface area contributed by atoms with Crippen LogP contribution in [0.5, 0.6) is 0 Å². The Balaban J connectivity index is 2.04. The second kappa shape index (κ2) is 3.90. The van der Waals surface area contributed by atoms with Crippen LogP contribution in [0.1, 0.15) is 41.3 Å². The third-order valence-electron chi connectivity index (χ3n) is 3.50. The van der Waals surface area contributed by atoms with Crippen LogP contribution in [0.15, 0.2) is 29.0 Å². The Hall–Kier alpha value is -2.24. The maximum atomic E-state index is 11.0. The van der Waals surface area contributed by atoms with Gasteiger partial charge in [0.2, 0.25) is 0 Å². The molecule has 1 saturated carbocycles. The Kier molecular flexibility index (Phi) is 2.36. The average Bonchev–Trinajstić information content (AvgIpc) is 2.79. The van der Waals surface area contributed by atoms with Crippen molar-refractivity contribution in [3.63, 3.8) is 0 Å². The number of carbonyl (C=O) groups is 1. The van der Waals surface area contributed by atoms with E-state index in [-0.39, 0.29) is 11.3 Å². The Morgan fingerprint density at radius 1 is 1.33 bits per heavy atom. The molecule has 1 aliphatic rings. The highest BCUT2D eigenvalue weighted by Gasteiger charge is 2.44. The van der Waals surface area contributed by atoms with E-state index in [0.717, 1.165) is 24.8 Å². The van der Waals surface area contributed by atoms with Gasteiger partial charge in [0.1, 0.15) is 0 Å². The van der Waals surface area contributed by atoms with E-state index in [9.17, 15) is 4.79 Å². The Morgan fingerprint density at radius 2 is 2.06 bits per heavy atom. The molecular weight excluding hydrogens is 232 g/mol. The minimum atomic E-state index is -0.696. The molecule has 2 heterocycles. The van der Waals surface area contributed by atoms with E-state index in [2.05, 4.69) is 15.1 Å². The molecule has 0 spiro atoms. The number of aromatic nitrogens is 3. The molecule has 3 rings (SSSR count). The summed E-state index contributed by atoms with van der Waals surface area (Å²) in [4.78, 5) is 19.1. The highest BCUT2D eigenvalue weighted by molar-refractivity contribution is 5.87. The van der Waals surface area contributed by atoms with Gasteiger partial charge in [-0.1, -0.05) is 11.6 Å². The lowest BCUT2D eigenvalue weighted by atomic mass is 9.64. The second-order valence-electron chi connectivity index (χ2n) is 4.46. The van der Waals surface area contributed by atoms with E-state index < -0.39 is 5.91 Å². The smallest absolute Gasteiger partial charge is 0.315 e. The standard InChI is InChI=1S/C12H12N4O2/c13-9(17)10-15-11(16-18-10)12(4-1-5-12)8-2-6-14-7-3-8/h2-3,6-7H,1,4-5H2,(H2,13,17). The number of nitrogens with two attached hydrogens (primary N) is 1. The van der Waals surface area contributed by atoms with Gasteiger partial charge in [-0.2, -0.15) is 4.98 Å². The summed E-state index contributed by atoms with van der Waals surface area (Å²) in [5.41, 5.74) is 5.97. The topological polar surface area (TPSA) is 94.9 Å². The molecule has 1 aliphatic carbocycles. The van der Waals surface area contributed by atoms with Crippen molar-refractivity contribution < 1.29 is 9.32 Å². The number of carbonyl (C=O) groups excluding carboxylic acids is 1. The number of hydrogen-bond donors (Lipinski definition) is 1. The number of pyridine rings is 1. The van der Waals surface area contributed by atoms with Crippen molar-refractivity contribution in [2.75, 3.05) is 0 Å². The zero-order valence-corrected chi connectivity index (χ0v) is 9.67. The molecular formula is C12H12N4O2. The summed E-state index contributed by atoms with van der Waals surface area (Å²) in [6.07, 6.45) is 6.46. The number of amides is 1. The van der Waals surface area contributed by atoms with Crippen molar-refractivity contribution in [2.45, 2.75) is 24.7 Å². The van der Waals surface area contributed by atoms with Crippen LogP contribution < -0.4 is 5.73 Å². The van der Waals surface area contributed by atoms with Gasteiger partial charge in [0.15, 0.2) is 5.82 Å². The van der Waals surface area contributed by atoms with Crippen molar-refractivity contribution in [3.8, 4) is 0 Å². The molecule has 0 aliphatic heterocycles. The fourth-order valence-electron chi connectivity index (χ4n) is 2.36. The molecule has 2 aromatic rings. The quantitative estimate of drug-likeness (QED) is 0.870. The number of nitrogens with zero attached hydrogens (tertiary/aromatic N) is 3. The first kappa shape index (κ1) is 10.9. The molecule has 0 atom stereocenters. The largest absolute Gasteiger partial charge is 0.361 e. The first-order valence-corrected chi connectivity index (χ1v) is 5.77. The normalized spacial score (nSPS) is 17.1. The van der Waals surface area contributed by atoms with E-state index in [1.165, 1.54) is 0 Å². The minimum absolute atomic E-state index is 0.134. The number of hydrogen-bond acceptors (Lipinski definition) is 5. The van der Waals surface area contributed by atoms with Crippen molar-refractivity contribution in [3.05, 3.63) is 41.8 Å². The Bertz CT molecular complexity index is 575. The van der Waals surface area contributed by atoms with Gasteiger partial charge in [-0.05, 0) is 30.5 Å². The molecule has 0 bridgehead atoms. The third kappa shape index (κ3) is 1.49. The molecule has 6 nitrogen and oxygen atoms in total. The van der Waals surface area contributed by atoms with Crippen molar-refractivity contribution in [1.82, 2.24) is 15.1 Å². The Morgan fingerprint density at radius 3 is 2.56 bits per heavy atom. The maximum Gasteiger partial charge on any atom is 0.315 e. The molecule has 92 valence electrons. The third-order valence-corrected chi connectivity index (χ3v) is 3.50. The van der Waals surface area contributed by atoms with Gasteiger partial charge in [0, 0.05) is 12.4 Å². The van der Waals surface area contributed by atoms with Crippen LogP contribution in [0.2, 0.25) is 0 Å². The predicted octanol–water partition coefficient (Wildman–Crippen LogP) is 1.03. The minimum Gasteiger partial charge on any atom is -0.361 e. The SMILES string of the molecule is NC(=O)c1nc(C2(c3ccncc3)CCC2)no1. The van der Waals surface area contributed by atoms with Gasteiger partial charge in [0.25, 0.3) is 0 Å². The van der Waals surface area contributed by atoms with Crippen LogP contribution in [0.4, 0.5) is 0 Å². The van der Waals surface area contributed by atoms with Crippen LogP contribution in [-0.4, -0.2) is 21.0 Å². The van der Waals surface area contributed by atoms with E-state index >= 15 is 0 Å². The van der Waals surface area contributed by atoms with Crippen LogP contribution in [0.3, 0.4) is 0 Å². The van der Waals surface area contributed by atoms with Crippen LogP contribution in [0.25, 0.3) is 0 Å². The first-order chi connectivity index (χ1) is 8.72. The van der Waals surface area contributed by atoms with Gasteiger partial charge in [-0.25, -0.2) is 0 Å². The van der Waals surface area contributed by atoms with Crippen molar-refractivity contribution in [1.29, 1.82) is 0 Å². The van der Waals surface area contributed by atoms with Crippen LogP contribution >= 0.6 is 0 Å². The zero-order chi connectivity index (χ0) is 12.6.